The van der Waals surface area contributed by atoms with Crippen LogP contribution in [0.3, 0.4) is 0 Å². The van der Waals surface area contributed by atoms with Gasteiger partial charge in [0.2, 0.25) is 0 Å². The van der Waals surface area contributed by atoms with Crippen molar-refractivity contribution in [2.24, 2.45) is 0 Å². The molecule has 0 saturated carbocycles. The maximum atomic E-state index is 12.9. The third kappa shape index (κ3) is 5.24. The van der Waals surface area contributed by atoms with Gasteiger partial charge in [-0.15, -0.1) is 11.3 Å². The van der Waals surface area contributed by atoms with E-state index in [2.05, 4.69) is 29.4 Å². The molecular formula is C20H26N4O3S. The predicted octanol–water partition coefficient (Wildman–Crippen LogP) is 3.45. The SMILES string of the molecule is CCN(CC)CCN(Cc1cccs1)C(=O)Nc1ccc2c(c1)OCC(=O)N2. The van der Waals surface area contributed by atoms with E-state index in [9.17, 15) is 9.59 Å². The monoisotopic (exact) mass is 402 g/mol. The van der Waals surface area contributed by atoms with Crippen molar-refractivity contribution in [3.63, 3.8) is 0 Å². The highest BCUT2D eigenvalue weighted by Crippen LogP contribution is 2.30. The molecule has 1 aliphatic rings. The molecule has 150 valence electrons. The van der Waals surface area contributed by atoms with Gasteiger partial charge >= 0.3 is 6.03 Å². The van der Waals surface area contributed by atoms with E-state index in [0.29, 0.717) is 30.2 Å². The van der Waals surface area contributed by atoms with Crippen molar-refractivity contribution in [1.29, 1.82) is 0 Å². The maximum Gasteiger partial charge on any atom is 0.322 e. The highest BCUT2D eigenvalue weighted by atomic mass is 32.1. The highest BCUT2D eigenvalue weighted by molar-refractivity contribution is 7.09. The molecule has 1 aliphatic heterocycles. The Morgan fingerprint density at radius 2 is 2.07 bits per heavy atom. The van der Waals surface area contributed by atoms with Crippen LogP contribution in [0.15, 0.2) is 35.7 Å². The summed E-state index contributed by atoms with van der Waals surface area (Å²) in [5.74, 6) is 0.383. The Bertz CT molecular complexity index is 806. The standard InChI is InChI=1S/C20H26N4O3S/c1-3-23(4-2)9-10-24(13-16-6-5-11-28-16)20(26)21-15-7-8-17-18(12-15)27-14-19(25)22-17/h5-8,11-12H,3-4,9-10,13-14H2,1-2H3,(H,21,26)(H,22,25). The molecule has 0 radical (unpaired) electrons. The van der Waals surface area contributed by atoms with E-state index < -0.39 is 0 Å². The lowest BCUT2D eigenvalue weighted by Gasteiger charge is -2.26. The van der Waals surface area contributed by atoms with Crippen LogP contribution >= 0.6 is 11.3 Å². The van der Waals surface area contributed by atoms with Crippen molar-refractivity contribution in [1.82, 2.24) is 9.80 Å². The molecule has 0 unspecified atom stereocenters. The molecule has 0 aliphatic carbocycles. The number of urea groups is 1. The number of carbonyl (C=O) groups is 2. The molecule has 3 rings (SSSR count). The van der Waals surface area contributed by atoms with Crippen molar-refractivity contribution in [3.05, 3.63) is 40.6 Å². The van der Waals surface area contributed by atoms with Gasteiger partial charge in [-0.1, -0.05) is 19.9 Å². The van der Waals surface area contributed by atoms with Gasteiger partial charge < -0.3 is 25.2 Å². The van der Waals surface area contributed by atoms with Crippen molar-refractivity contribution < 1.29 is 14.3 Å². The summed E-state index contributed by atoms with van der Waals surface area (Å²) in [5, 5.41) is 7.72. The minimum atomic E-state index is -0.178. The van der Waals surface area contributed by atoms with Gasteiger partial charge in [-0.3, -0.25) is 4.79 Å². The summed E-state index contributed by atoms with van der Waals surface area (Å²) in [6.45, 7) is 8.19. The molecule has 7 nitrogen and oxygen atoms in total. The molecule has 2 N–H and O–H groups in total. The fourth-order valence-electron chi connectivity index (χ4n) is 3.00. The van der Waals surface area contributed by atoms with Gasteiger partial charge in [0.15, 0.2) is 6.61 Å². The molecule has 0 spiro atoms. The van der Waals surface area contributed by atoms with E-state index in [1.165, 1.54) is 0 Å². The number of benzene rings is 1. The van der Waals surface area contributed by atoms with Crippen LogP contribution in [0, 0.1) is 0 Å². The Labute approximate surface area is 169 Å². The summed E-state index contributed by atoms with van der Waals surface area (Å²) in [4.78, 5) is 29.6. The summed E-state index contributed by atoms with van der Waals surface area (Å²) in [6.07, 6.45) is 0. The Kier molecular flexibility index (Phi) is 6.89. The summed E-state index contributed by atoms with van der Waals surface area (Å²) in [6, 6.07) is 9.12. The summed E-state index contributed by atoms with van der Waals surface area (Å²) >= 11 is 1.64. The predicted molar refractivity (Wildman–Crippen MR) is 112 cm³/mol. The van der Waals surface area contributed by atoms with Gasteiger partial charge in [0.1, 0.15) is 5.75 Å². The zero-order valence-electron chi connectivity index (χ0n) is 16.2. The zero-order valence-corrected chi connectivity index (χ0v) is 17.1. The van der Waals surface area contributed by atoms with E-state index in [4.69, 9.17) is 4.74 Å². The Morgan fingerprint density at radius 3 is 2.79 bits per heavy atom. The number of nitrogens with zero attached hydrogens (tertiary/aromatic N) is 2. The minimum Gasteiger partial charge on any atom is -0.482 e. The molecule has 2 heterocycles. The first-order valence-corrected chi connectivity index (χ1v) is 10.3. The lowest BCUT2D eigenvalue weighted by molar-refractivity contribution is -0.118. The average molecular weight is 403 g/mol. The largest absolute Gasteiger partial charge is 0.482 e. The second kappa shape index (κ2) is 9.57. The third-order valence-electron chi connectivity index (χ3n) is 4.66. The summed E-state index contributed by atoms with van der Waals surface area (Å²) < 4.78 is 5.43. The lowest BCUT2D eigenvalue weighted by Crippen LogP contribution is -2.40. The molecule has 0 saturated heterocycles. The normalized spacial score (nSPS) is 12.9. The van der Waals surface area contributed by atoms with Crippen molar-refractivity contribution in [2.45, 2.75) is 20.4 Å². The van der Waals surface area contributed by atoms with Crippen LogP contribution in [-0.4, -0.2) is 54.5 Å². The molecule has 3 amide bonds. The van der Waals surface area contributed by atoms with Crippen LogP contribution in [0.1, 0.15) is 18.7 Å². The fourth-order valence-corrected chi connectivity index (χ4v) is 3.72. The Hall–Kier alpha value is -2.58. The lowest BCUT2D eigenvalue weighted by atomic mass is 10.2. The van der Waals surface area contributed by atoms with E-state index in [-0.39, 0.29) is 18.5 Å². The van der Waals surface area contributed by atoms with E-state index >= 15 is 0 Å². The molecule has 0 bridgehead atoms. The van der Waals surface area contributed by atoms with E-state index in [0.717, 1.165) is 24.5 Å². The number of amides is 3. The van der Waals surface area contributed by atoms with E-state index in [1.807, 2.05) is 22.4 Å². The number of anilines is 2. The number of hydrogen-bond donors (Lipinski definition) is 2. The fraction of sp³-hybridized carbons (Fsp3) is 0.400. The molecule has 1 aromatic heterocycles. The van der Waals surface area contributed by atoms with E-state index in [1.54, 1.807) is 29.5 Å². The second-order valence-corrected chi connectivity index (χ2v) is 7.54. The van der Waals surface area contributed by atoms with Crippen LogP contribution in [-0.2, 0) is 11.3 Å². The Morgan fingerprint density at radius 1 is 1.25 bits per heavy atom. The van der Waals surface area contributed by atoms with Gasteiger partial charge in [-0.25, -0.2) is 4.79 Å². The summed E-state index contributed by atoms with van der Waals surface area (Å²) in [5.41, 5.74) is 1.25. The first-order chi connectivity index (χ1) is 13.6. The molecule has 0 atom stereocenters. The summed E-state index contributed by atoms with van der Waals surface area (Å²) in [7, 11) is 0. The molecule has 28 heavy (non-hydrogen) atoms. The van der Waals surface area contributed by atoms with Crippen LogP contribution < -0.4 is 15.4 Å². The maximum absolute atomic E-state index is 12.9. The molecule has 2 aromatic rings. The van der Waals surface area contributed by atoms with Gasteiger partial charge in [0.25, 0.3) is 5.91 Å². The smallest absolute Gasteiger partial charge is 0.322 e. The zero-order chi connectivity index (χ0) is 19.9. The molecule has 8 heteroatoms. The third-order valence-corrected chi connectivity index (χ3v) is 5.52. The number of likely N-dealkylation sites (N-methyl/N-ethyl adjacent to an activating group) is 1. The number of nitrogens with one attached hydrogen (secondary N) is 2. The highest BCUT2D eigenvalue weighted by Gasteiger charge is 2.19. The number of ether oxygens (including phenoxy) is 1. The first kappa shape index (κ1) is 20.2. The number of carbonyl (C=O) groups excluding carboxylic acids is 2. The van der Waals surface area contributed by atoms with Gasteiger partial charge in [0, 0.05) is 29.7 Å². The first-order valence-electron chi connectivity index (χ1n) is 9.46. The molecule has 0 fully saturated rings. The molecular weight excluding hydrogens is 376 g/mol. The average Bonchev–Trinajstić information content (AvgIpc) is 3.21. The second-order valence-electron chi connectivity index (χ2n) is 6.51. The van der Waals surface area contributed by atoms with Crippen molar-refractivity contribution in [3.8, 4) is 5.75 Å². The van der Waals surface area contributed by atoms with Crippen LogP contribution in [0.4, 0.5) is 16.2 Å². The molecule has 1 aromatic carbocycles. The topological polar surface area (TPSA) is 73.9 Å². The van der Waals surface area contributed by atoms with Crippen molar-refractivity contribution >= 4 is 34.6 Å². The number of thiophene rings is 1. The number of rotatable bonds is 8. The van der Waals surface area contributed by atoms with Gasteiger partial charge in [0.05, 0.1) is 12.2 Å². The number of fused-ring (bicyclic) bond motifs is 1. The van der Waals surface area contributed by atoms with Gasteiger partial charge in [-0.05, 0) is 36.7 Å². The Balaban J connectivity index is 1.68. The van der Waals surface area contributed by atoms with Crippen LogP contribution in [0.25, 0.3) is 0 Å². The van der Waals surface area contributed by atoms with Crippen LogP contribution in [0.2, 0.25) is 0 Å². The minimum absolute atomic E-state index is 0.0151. The number of hydrogen-bond acceptors (Lipinski definition) is 5. The van der Waals surface area contributed by atoms with Crippen molar-refractivity contribution in [2.75, 3.05) is 43.4 Å². The van der Waals surface area contributed by atoms with Crippen LogP contribution in [0.5, 0.6) is 5.75 Å². The van der Waals surface area contributed by atoms with Gasteiger partial charge in [-0.2, -0.15) is 0 Å². The quantitative estimate of drug-likeness (QED) is 0.709.